The predicted octanol–water partition coefficient (Wildman–Crippen LogP) is 5.33. The number of carbonyl (C=O) groups is 1. The highest BCUT2D eigenvalue weighted by molar-refractivity contribution is 6.02. The first-order valence-corrected chi connectivity index (χ1v) is 12.2. The molecule has 3 rings (SSSR count). The van der Waals surface area contributed by atoms with Gasteiger partial charge in [-0.2, -0.15) is 10.4 Å². The molecule has 0 radical (unpaired) electrons. The van der Waals surface area contributed by atoms with E-state index in [-0.39, 0.29) is 5.57 Å². The van der Waals surface area contributed by atoms with E-state index in [0.717, 1.165) is 29.0 Å². The van der Waals surface area contributed by atoms with Crippen LogP contribution in [0, 0.1) is 24.2 Å². The lowest BCUT2D eigenvalue weighted by Crippen LogP contribution is -2.26. The zero-order valence-corrected chi connectivity index (χ0v) is 21.5. The van der Waals surface area contributed by atoms with E-state index in [1.54, 1.807) is 17.9 Å². The second kappa shape index (κ2) is 13.3. The summed E-state index contributed by atoms with van der Waals surface area (Å²) in [7, 11) is 1.61. The van der Waals surface area contributed by atoms with Crippen molar-refractivity contribution in [2.24, 2.45) is 5.92 Å². The van der Waals surface area contributed by atoms with Crippen molar-refractivity contribution in [3.05, 3.63) is 71.4 Å². The predicted molar refractivity (Wildman–Crippen MR) is 142 cm³/mol. The molecule has 0 fully saturated rings. The van der Waals surface area contributed by atoms with Crippen LogP contribution in [0.4, 0.5) is 0 Å². The smallest absolute Gasteiger partial charge is 0.261 e. The largest absolute Gasteiger partial charge is 0.493 e. The van der Waals surface area contributed by atoms with Gasteiger partial charge >= 0.3 is 0 Å². The molecule has 3 aromatic rings. The first kappa shape index (κ1) is 26.7. The Morgan fingerprint density at radius 2 is 1.97 bits per heavy atom. The number of rotatable bonds is 12. The van der Waals surface area contributed by atoms with Crippen molar-refractivity contribution < 1.29 is 14.3 Å². The number of aryl methyl sites for hydroxylation is 1. The molecule has 7 nitrogen and oxygen atoms in total. The minimum atomic E-state index is -0.419. The average molecular weight is 487 g/mol. The Morgan fingerprint density at radius 1 is 1.19 bits per heavy atom. The number of hydrogen-bond donors (Lipinski definition) is 1. The summed E-state index contributed by atoms with van der Waals surface area (Å²) in [6.07, 6.45) is 5.09. The van der Waals surface area contributed by atoms with Gasteiger partial charge in [0, 0.05) is 37.6 Å². The second-order valence-corrected chi connectivity index (χ2v) is 9.00. The van der Waals surface area contributed by atoms with Crippen molar-refractivity contribution in [2.45, 2.75) is 33.6 Å². The molecule has 0 saturated carbocycles. The van der Waals surface area contributed by atoms with Gasteiger partial charge in [-0.25, -0.2) is 4.68 Å². The summed E-state index contributed by atoms with van der Waals surface area (Å²) in [5.41, 5.74) is 4.13. The summed E-state index contributed by atoms with van der Waals surface area (Å²) in [5.74, 6) is 0.997. The van der Waals surface area contributed by atoms with Crippen molar-refractivity contribution in [3.8, 4) is 28.8 Å². The third-order valence-corrected chi connectivity index (χ3v) is 5.64. The number of benzene rings is 2. The lowest BCUT2D eigenvalue weighted by molar-refractivity contribution is -0.117. The number of carbonyl (C=O) groups excluding carboxylic acids is 1. The lowest BCUT2D eigenvalue weighted by Gasteiger charge is -2.11. The van der Waals surface area contributed by atoms with Crippen LogP contribution in [-0.2, 0) is 9.53 Å². The number of nitriles is 1. The molecule has 1 heterocycles. The van der Waals surface area contributed by atoms with Crippen LogP contribution in [0.3, 0.4) is 0 Å². The summed E-state index contributed by atoms with van der Waals surface area (Å²) in [5, 5.41) is 17.3. The number of amides is 1. The quantitative estimate of drug-likeness (QED) is 0.212. The van der Waals surface area contributed by atoms with Gasteiger partial charge in [0.25, 0.3) is 5.91 Å². The Kier molecular flexibility index (Phi) is 9.84. The van der Waals surface area contributed by atoms with Crippen LogP contribution < -0.4 is 10.1 Å². The van der Waals surface area contributed by atoms with E-state index >= 15 is 0 Å². The number of para-hydroxylation sites is 1. The van der Waals surface area contributed by atoms with Gasteiger partial charge in [0.15, 0.2) is 0 Å². The minimum Gasteiger partial charge on any atom is -0.493 e. The lowest BCUT2D eigenvalue weighted by atomic mass is 10.0. The summed E-state index contributed by atoms with van der Waals surface area (Å²) < 4.78 is 12.7. The molecule has 1 N–H and O–H groups in total. The molecule has 1 aromatic heterocycles. The van der Waals surface area contributed by atoms with Gasteiger partial charge in [-0.05, 0) is 67.7 Å². The Hall–Kier alpha value is -3.89. The van der Waals surface area contributed by atoms with Crippen LogP contribution in [0.15, 0.2) is 60.3 Å². The number of nitrogens with zero attached hydrogens (tertiary/aromatic N) is 3. The van der Waals surface area contributed by atoms with Gasteiger partial charge in [-0.1, -0.05) is 32.0 Å². The molecule has 0 spiro atoms. The molecule has 0 atom stereocenters. The molecule has 7 heteroatoms. The molecule has 0 aliphatic rings. The first-order valence-electron chi connectivity index (χ1n) is 12.2. The van der Waals surface area contributed by atoms with Gasteiger partial charge in [0.1, 0.15) is 23.1 Å². The highest BCUT2D eigenvalue weighted by Gasteiger charge is 2.16. The fraction of sp³-hybridized carbons (Fsp3) is 0.345. The van der Waals surface area contributed by atoms with Gasteiger partial charge in [-0.15, -0.1) is 0 Å². The summed E-state index contributed by atoms with van der Waals surface area (Å²) in [6.45, 7) is 7.99. The average Bonchev–Trinajstić information content (AvgIpc) is 3.30. The van der Waals surface area contributed by atoms with Crippen molar-refractivity contribution in [1.29, 1.82) is 5.26 Å². The van der Waals surface area contributed by atoms with Crippen LogP contribution in [0.1, 0.15) is 37.8 Å². The van der Waals surface area contributed by atoms with E-state index in [4.69, 9.17) is 14.6 Å². The third-order valence-electron chi connectivity index (χ3n) is 5.64. The molecule has 2 aromatic carbocycles. The normalized spacial score (nSPS) is 11.4. The molecular formula is C29H34N4O3. The van der Waals surface area contributed by atoms with E-state index in [1.165, 1.54) is 0 Å². The maximum absolute atomic E-state index is 12.6. The standard InChI is InChI=1S/C29H34N4O3/c1-21(2)13-16-36-27-12-11-23(17-22(27)3)28-25(20-33(32-28)26-9-6-5-7-10-26)18-24(19-30)29(34)31-14-8-15-35-4/h5-7,9-12,17-18,20-21H,8,13-16H2,1-4H3,(H,31,34). The second-order valence-electron chi connectivity index (χ2n) is 9.00. The van der Waals surface area contributed by atoms with E-state index in [2.05, 4.69) is 19.2 Å². The molecule has 188 valence electrons. The first-order chi connectivity index (χ1) is 17.4. The van der Waals surface area contributed by atoms with Gasteiger partial charge in [0.2, 0.25) is 0 Å². The van der Waals surface area contributed by atoms with Crippen molar-refractivity contribution in [2.75, 3.05) is 26.9 Å². The van der Waals surface area contributed by atoms with Gasteiger partial charge in [0.05, 0.1) is 12.3 Å². The van der Waals surface area contributed by atoms with Crippen LogP contribution in [0.25, 0.3) is 23.0 Å². The third kappa shape index (κ3) is 7.30. The van der Waals surface area contributed by atoms with Crippen LogP contribution in [-0.4, -0.2) is 42.6 Å². The Morgan fingerprint density at radius 3 is 2.64 bits per heavy atom. The maximum atomic E-state index is 12.6. The van der Waals surface area contributed by atoms with Crippen molar-refractivity contribution in [3.63, 3.8) is 0 Å². The molecule has 0 saturated heterocycles. The van der Waals surface area contributed by atoms with E-state index in [9.17, 15) is 10.1 Å². The van der Waals surface area contributed by atoms with Crippen molar-refractivity contribution >= 4 is 12.0 Å². The molecule has 0 aliphatic carbocycles. The minimum absolute atomic E-state index is 0.0200. The monoisotopic (exact) mass is 486 g/mol. The van der Waals surface area contributed by atoms with Crippen molar-refractivity contribution in [1.82, 2.24) is 15.1 Å². The topological polar surface area (TPSA) is 89.2 Å². The maximum Gasteiger partial charge on any atom is 0.261 e. The molecule has 0 aliphatic heterocycles. The Labute approximate surface area is 213 Å². The fourth-order valence-electron chi connectivity index (χ4n) is 3.61. The molecule has 36 heavy (non-hydrogen) atoms. The highest BCUT2D eigenvalue weighted by Crippen LogP contribution is 2.30. The molecule has 1 amide bonds. The van der Waals surface area contributed by atoms with Gasteiger partial charge in [-0.3, -0.25) is 4.79 Å². The van der Waals surface area contributed by atoms with E-state index < -0.39 is 5.91 Å². The summed E-state index contributed by atoms with van der Waals surface area (Å²) in [4.78, 5) is 12.6. The fourth-order valence-corrected chi connectivity index (χ4v) is 3.61. The number of nitrogens with one attached hydrogen (secondary N) is 1. The molecule has 0 bridgehead atoms. The summed E-state index contributed by atoms with van der Waals surface area (Å²) in [6, 6.07) is 17.7. The van der Waals surface area contributed by atoms with Crippen LogP contribution in [0.5, 0.6) is 5.75 Å². The highest BCUT2D eigenvalue weighted by atomic mass is 16.5. The SMILES string of the molecule is COCCCNC(=O)C(C#N)=Cc1cn(-c2ccccc2)nc1-c1ccc(OCCC(C)C)c(C)c1. The van der Waals surface area contributed by atoms with Crippen LogP contribution >= 0.6 is 0 Å². The Balaban J connectivity index is 1.95. The number of hydrogen-bond acceptors (Lipinski definition) is 5. The zero-order valence-electron chi connectivity index (χ0n) is 21.5. The molecular weight excluding hydrogens is 452 g/mol. The van der Waals surface area contributed by atoms with Gasteiger partial charge < -0.3 is 14.8 Å². The summed E-state index contributed by atoms with van der Waals surface area (Å²) >= 11 is 0. The Bertz CT molecular complexity index is 1220. The van der Waals surface area contributed by atoms with Crippen LogP contribution in [0.2, 0.25) is 0 Å². The molecule has 0 unspecified atom stereocenters. The zero-order chi connectivity index (χ0) is 25.9. The number of methoxy groups -OCH3 is 1. The van der Waals surface area contributed by atoms with E-state index in [1.807, 2.05) is 67.7 Å². The number of ether oxygens (including phenoxy) is 2. The number of aromatic nitrogens is 2. The van der Waals surface area contributed by atoms with E-state index in [0.29, 0.717) is 43.4 Å².